The van der Waals surface area contributed by atoms with Gasteiger partial charge in [-0.25, -0.2) is 4.98 Å². The minimum Gasteiger partial charge on any atom is -0.354 e. The number of rotatable bonds is 7. The second-order valence-corrected chi connectivity index (χ2v) is 7.01. The fraction of sp³-hybridized carbons (Fsp3) is 0.222. The largest absolute Gasteiger partial charge is 0.354 e. The number of hydrogen-bond donors (Lipinski definition) is 1. The molecule has 1 N–H and O–H groups in total. The van der Waals surface area contributed by atoms with Gasteiger partial charge in [0.1, 0.15) is 4.70 Å². The molecular formula is C18H16ClN3O3S. The summed E-state index contributed by atoms with van der Waals surface area (Å²) in [6.45, 7) is 0.628. The Balaban J connectivity index is 1.46. The summed E-state index contributed by atoms with van der Waals surface area (Å²) < 4.78 is 2.07. The van der Waals surface area contributed by atoms with Crippen molar-refractivity contribution in [2.24, 2.45) is 0 Å². The van der Waals surface area contributed by atoms with Crippen molar-refractivity contribution < 1.29 is 9.59 Å². The van der Waals surface area contributed by atoms with E-state index in [1.165, 1.54) is 22.2 Å². The Morgan fingerprint density at radius 1 is 1.15 bits per heavy atom. The first-order valence-electron chi connectivity index (χ1n) is 8.03. The Hall–Kier alpha value is -2.51. The van der Waals surface area contributed by atoms with Crippen LogP contribution in [0, 0.1) is 0 Å². The van der Waals surface area contributed by atoms with E-state index in [2.05, 4.69) is 10.3 Å². The van der Waals surface area contributed by atoms with Crippen molar-refractivity contribution >= 4 is 44.8 Å². The minimum absolute atomic E-state index is 0.0958. The third-order valence-corrected chi connectivity index (χ3v) is 5.00. The van der Waals surface area contributed by atoms with Crippen LogP contribution < -0.4 is 10.9 Å². The maximum Gasteiger partial charge on any atom is 0.271 e. The summed E-state index contributed by atoms with van der Waals surface area (Å²) in [7, 11) is 0. The molecule has 2 aromatic heterocycles. The summed E-state index contributed by atoms with van der Waals surface area (Å²) in [5, 5.41) is 5.10. The number of Topliss-reactive ketones (excluding diaryl/α,β-unsaturated/α-hetero) is 1. The predicted molar refractivity (Wildman–Crippen MR) is 102 cm³/mol. The zero-order valence-electron chi connectivity index (χ0n) is 13.8. The van der Waals surface area contributed by atoms with Crippen LogP contribution in [-0.4, -0.2) is 27.8 Å². The summed E-state index contributed by atoms with van der Waals surface area (Å²) in [5.41, 5.74) is 1.10. The van der Waals surface area contributed by atoms with E-state index in [1.807, 2.05) is 5.38 Å². The first-order chi connectivity index (χ1) is 12.5. The quantitative estimate of drug-likeness (QED) is 0.630. The van der Waals surface area contributed by atoms with Gasteiger partial charge in [-0.2, -0.15) is 0 Å². The lowest BCUT2D eigenvalue weighted by Crippen LogP contribution is -2.31. The molecule has 0 fully saturated rings. The standard InChI is InChI=1S/C18H16ClN3O3S/c19-13-3-1-12(2-4-13)15(23)5-6-16(24)20-8-9-22-11-21-14-7-10-26-17(14)18(22)25/h1-4,7,10-11H,5-6,8-9H2,(H,20,24). The smallest absolute Gasteiger partial charge is 0.271 e. The van der Waals surface area contributed by atoms with Crippen molar-refractivity contribution in [3.63, 3.8) is 0 Å². The molecule has 0 spiro atoms. The SMILES string of the molecule is O=C(CCC(=O)c1ccc(Cl)cc1)NCCn1cnc2ccsc2c1=O. The number of fused-ring (bicyclic) bond motifs is 1. The maximum atomic E-state index is 12.2. The fourth-order valence-electron chi connectivity index (χ4n) is 2.45. The molecule has 0 atom stereocenters. The second-order valence-electron chi connectivity index (χ2n) is 5.66. The van der Waals surface area contributed by atoms with E-state index < -0.39 is 0 Å². The van der Waals surface area contributed by atoms with Crippen molar-refractivity contribution in [1.82, 2.24) is 14.9 Å². The first-order valence-corrected chi connectivity index (χ1v) is 9.28. The average Bonchev–Trinajstić information content (AvgIpc) is 3.12. The maximum absolute atomic E-state index is 12.2. The summed E-state index contributed by atoms with van der Waals surface area (Å²) in [6, 6.07) is 8.37. The van der Waals surface area contributed by atoms with E-state index in [9.17, 15) is 14.4 Å². The van der Waals surface area contributed by atoms with Crippen LogP contribution in [0.15, 0.2) is 46.8 Å². The number of benzene rings is 1. The average molecular weight is 390 g/mol. The Morgan fingerprint density at radius 2 is 1.92 bits per heavy atom. The Labute approximate surface area is 158 Å². The van der Waals surface area contributed by atoms with Crippen molar-refractivity contribution in [3.05, 3.63) is 63.0 Å². The summed E-state index contributed by atoms with van der Waals surface area (Å²) in [6.07, 6.45) is 1.70. The monoisotopic (exact) mass is 389 g/mol. The summed E-state index contributed by atoms with van der Waals surface area (Å²) >= 11 is 7.13. The molecule has 0 unspecified atom stereocenters. The Morgan fingerprint density at radius 3 is 2.69 bits per heavy atom. The minimum atomic E-state index is -0.231. The number of amides is 1. The van der Waals surface area contributed by atoms with Crippen molar-refractivity contribution in [2.75, 3.05) is 6.54 Å². The van der Waals surface area contributed by atoms with Crippen LogP contribution in [0.25, 0.3) is 10.2 Å². The van der Waals surface area contributed by atoms with E-state index in [0.29, 0.717) is 33.9 Å². The number of aromatic nitrogens is 2. The molecule has 134 valence electrons. The lowest BCUT2D eigenvalue weighted by Gasteiger charge is -2.07. The van der Waals surface area contributed by atoms with Gasteiger partial charge in [-0.05, 0) is 35.7 Å². The van der Waals surface area contributed by atoms with E-state index in [-0.39, 0.29) is 30.1 Å². The van der Waals surface area contributed by atoms with Crippen molar-refractivity contribution in [3.8, 4) is 0 Å². The summed E-state index contributed by atoms with van der Waals surface area (Å²) in [4.78, 5) is 40.4. The molecule has 0 aliphatic heterocycles. The third kappa shape index (κ3) is 4.36. The molecule has 3 aromatic rings. The highest BCUT2D eigenvalue weighted by atomic mass is 35.5. The molecule has 6 nitrogen and oxygen atoms in total. The van der Waals surface area contributed by atoms with Gasteiger partial charge in [0, 0.05) is 36.5 Å². The number of halogens is 1. The Kier molecular flexibility index (Phi) is 5.80. The highest BCUT2D eigenvalue weighted by molar-refractivity contribution is 7.17. The van der Waals surface area contributed by atoms with Gasteiger partial charge in [0.15, 0.2) is 5.78 Å². The van der Waals surface area contributed by atoms with Gasteiger partial charge in [-0.1, -0.05) is 11.6 Å². The molecule has 8 heteroatoms. The van der Waals surface area contributed by atoms with Crippen LogP contribution in [0.5, 0.6) is 0 Å². The van der Waals surface area contributed by atoms with Gasteiger partial charge >= 0.3 is 0 Å². The molecule has 0 saturated carbocycles. The number of nitrogens with zero attached hydrogens (tertiary/aromatic N) is 2. The van der Waals surface area contributed by atoms with Gasteiger partial charge < -0.3 is 5.32 Å². The molecule has 0 aliphatic carbocycles. The zero-order chi connectivity index (χ0) is 18.5. The first kappa shape index (κ1) is 18.3. The topological polar surface area (TPSA) is 81.1 Å². The molecule has 3 rings (SSSR count). The number of nitrogens with one attached hydrogen (secondary N) is 1. The number of thiophene rings is 1. The van der Waals surface area contributed by atoms with Gasteiger partial charge in [0.2, 0.25) is 5.91 Å². The number of carbonyl (C=O) groups is 2. The van der Waals surface area contributed by atoms with Gasteiger partial charge in [0.05, 0.1) is 11.8 Å². The van der Waals surface area contributed by atoms with Crippen LogP contribution in [-0.2, 0) is 11.3 Å². The molecular weight excluding hydrogens is 374 g/mol. The van der Waals surface area contributed by atoms with Crippen LogP contribution in [0.4, 0.5) is 0 Å². The lowest BCUT2D eigenvalue weighted by molar-refractivity contribution is -0.121. The van der Waals surface area contributed by atoms with Crippen LogP contribution in [0.3, 0.4) is 0 Å². The predicted octanol–water partition coefficient (Wildman–Crippen LogP) is 2.89. The second kappa shape index (κ2) is 8.25. The highest BCUT2D eigenvalue weighted by Gasteiger charge is 2.10. The zero-order valence-corrected chi connectivity index (χ0v) is 15.3. The van der Waals surface area contributed by atoms with E-state index in [4.69, 9.17) is 11.6 Å². The Bertz CT molecular complexity index is 995. The van der Waals surface area contributed by atoms with E-state index >= 15 is 0 Å². The van der Waals surface area contributed by atoms with Crippen molar-refractivity contribution in [1.29, 1.82) is 0 Å². The molecule has 2 heterocycles. The number of carbonyl (C=O) groups excluding carboxylic acids is 2. The highest BCUT2D eigenvalue weighted by Crippen LogP contribution is 2.13. The fourth-order valence-corrected chi connectivity index (χ4v) is 3.37. The normalized spacial score (nSPS) is 10.8. The van der Waals surface area contributed by atoms with Crippen LogP contribution in [0.1, 0.15) is 23.2 Å². The van der Waals surface area contributed by atoms with Gasteiger partial charge in [-0.3, -0.25) is 19.0 Å². The van der Waals surface area contributed by atoms with Crippen molar-refractivity contribution in [2.45, 2.75) is 19.4 Å². The molecule has 1 aromatic carbocycles. The molecule has 0 radical (unpaired) electrons. The third-order valence-electron chi connectivity index (χ3n) is 3.86. The number of ketones is 1. The van der Waals surface area contributed by atoms with Crippen LogP contribution >= 0.6 is 22.9 Å². The van der Waals surface area contributed by atoms with Gasteiger partial charge in [-0.15, -0.1) is 11.3 Å². The summed E-state index contributed by atoms with van der Waals surface area (Å²) in [5.74, 6) is -0.342. The lowest BCUT2D eigenvalue weighted by atomic mass is 10.1. The van der Waals surface area contributed by atoms with E-state index in [0.717, 1.165) is 0 Å². The van der Waals surface area contributed by atoms with Crippen LogP contribution in [0.2, 0.25) is 5.02 Å². The number of hydrogen-bond acceptors (Lipinski definition) is 5. The molecule has 0 saturated heterocycles. The molecule has 1 amide bonds. The van der Waals surface area contributed by atoms with E-state index in [1.54, 1.807) is 30.3 Å². The molecule has 0 bridgehead atoms. The van der Waals surface area contributed by atoms with Gasteiger partial charge in [0.25, 0.3) is 5.56 Å². The molecule has 0 aliphatic rings. The molecule has 26 heavy (non-hydrogen) atoms.